The van der Waals surface area contributed by atoms with Gasteiger partial charge in [-0.2, -0.15) is 4.31 Å². The standard InChI is InChI=1S/C20H27N3O5S/c1-4-5-13-28-22-20(24)16(2)23(15-17-7-6-12-21-14-17)29(25,26)19-10-8-18(27-3)9-11-19/h6-12,14,16H,4-5,13,15H2,1-3H3,(H,22,24)/t16-/m0/s1. The molecule has 1 aromatic carbocycles. The zero-order chi connectivity index (χ0) is 21.3. The Kier molecular flexibility index (Phi) is 8.56. The Balaban J connectivity index is 2.29. The van der Waals surface area contributed by atoms with E-state index in [2.05, 4.69) is 10.5 Å². The van der Waals surface area contributed by atoms with Crippen molar-refractivity contribution in [3.05, 3.63) is 54.4 Å². The van der Waals surface area contributed by atoms with Crippen LogP contribution in [0.3, 0.4) is 0 Å². The number of rotatable bonds is 11. The molecule has 29 heavy (non-hydrogen) atoms. The molecule has 0 radical (unpaired) electrons. The summed E-state index contributed by atoms with van der Waals surface area (Å²) in [5.41, 5.74) is 3.01. The number of amides is 1. The Bertz CT molecular complexity index is 873. The number of sulfonamides is 1. The predicted octanol–water partition coefficient (Wildman–Crippen LogP) is 2.52. The lowest BCUT2D eigenvalue weighted by atomic mass is 10.2. The highest BCUT2D eigenvalue weighted by molar-refractivity contribution is 7.89. The van der Waals surface area contributed by atoms with Gasteiger partial charge in [-0.25, -0.2) is 13.9 Å². The molecule has 2 aromatic rings. The first kappa shape index (κ1) is 22.8. The highest BCUT2D eigenvalue weighted by Gasteiger charge is 2.33. The van der Waals surface area contributed by atoms with E-state index < -0.39 is 22.0 Å². The summed E-state index contributed by atoms with van der Waals surface area (Å²) in [6.07, 6.45) is 4.88. The first-order valence-corrected chi connectivity index (χ1v) is 10.8. The normalized spacial score (nSPS) is 12.6. The van der Waals surface area contributed by atoms with Gasteiger partial charge < -0.3 is 4.74 Å². The fourth-order valence-corrected chi connectivity index (χ4v) is 4.12. The second kappa shape index (κ2) is 10.9. The van der Waals surface area contributed by atoms with Gasteiger partial charge in [-0.05, 0) is 49.2 Å². The number of unbranched alkanes of at least 4 members (excludes halogenated alkanes) is 1. The monoisotopic (exact) mass is 421 g/mol. The van der Waals surface area contributed by atoms with E-state index in [1.165, 1.54) is 26.2 Å². The van der Waals surface area contributed by atoms with Crippen LogP contribution in [-0.2, 0) is 26.2 Å². The summed E-state index contributed by atoms with van der Waals surface area (Å²) in [6.45, 7) is 3.88. The maximum absolute atomic E-state index is 13.3. The number of hydroxylamine groups is 1. The molecule has 0 aliphatic rings. The molecule has 0 spiro atoms. The van der Waals surface area contributed by atoms with Gasteiger partial charge in [0.25, 0.3) is 5.91 Å². The topological polar surface area (TPSA) is 97.8 Å². The van der Waals surface area contributed by atoms with Crippen molar-refractivity contribution < 1.29 is 22.8 Å². The molecule has 0 bridgehead atoms. The van der Waals surface area contributed by atoms with Crippen molar-refractivity contribution in [2.24, 2.45) is 0 Å². The van der Waals surface area contributed by atoms with Gasteiger partial charge in [0.15, 0.2) is 0 Å². The highest BCUT2D eigenvalue weighted by Crippen LogP contribution is 2.23. The van der Waals surface area contributed by atoms with Crippen molar-refractivity contribution in [2.45, 2.75) is 44.2 Å². The highest BCUT2D eigenvalue weighted by atomic mass is 32.2. The number of nitrogens with one attached hydrogen (secondary N) is 1. The van der Waals surface area contributed by atoms with Crippen molar-refractivity contribution in [1.82, 2.24) is 14.8 Å². The second-order valence-corrected chi connectivity index (χ2v) is 8.32. The van der Waals surface area contributed by atoms with Crippen LogP contribution in [-0.4, -0.2) is 43.4 Å². The van der Waals surface area contributed by atoms with Gasteiger partial charge in [-0.1, -0.05) is 19.4 Å². The van der Waals surface area contributed by atoms with E-state index in [0.717, 1.165) is 17.1 Å². The minimum absolute atomic E-state index is 0.00819. The molecule has 9 heteroatoms. The van der Waals surface area contributed by atoms with E-state index in [4.69, 9.17) is 9.57 Å². The second-order valence-electron chi connectivity index (χ2n) is 6.43. The molecular weight excluding hydrogens is 394 g/mol. The summed E-state index contributed by atoms with van der Waals surface area (Å²) in [5, 5.41) is 0. The number of carbonyl (C=O) groups excluding carboxylic acids is 1. The smallest absolute Gasteiger partial charge is 0.261 e. The van der Waals surface area contributed by atoms with Crippen LogP contribution in [0.15, 0.2) is 53.7 Å². The lowest BCUT2D eigenvalue weighted by Gasteiger charge is -2.27. The summed E-state index contributed by atoms with van der Waals surface area (Å²) in [6, 6.07) is 8.50. The molecule has 0 saturated carbocycles. The number of benzene rings is 1. The molecule has 0 unspecified atom stereocenters. The summed E-state index contributed by atoms with van der Waals surface area (Å²) in [5.74, 6) is -0.0000416. The van der Waals surface area contributed by atoms with E-state index >= 15 is 0 Å². The molecule has 1 N–H and O–H groups in total. The van der Waals surface area contributed by atoms with E-state index in [1.54, 1.807) is 36.7 Å². The third-order valence-electron chi connectivity index (χ3n) is 4.31. The van der Waals surface area contributed by atoms with E-state index in [1.807, 2.05) is 6.92 Å². The molecular formula is C20H27N3O5S. The Morgan fingerprint density at radius 2 is 1.97 bits per heavy atom. The number of carbonyl (C=O) groups is 1. The van der Waals surface area contributed by atoms with E-state index in [-0.39, 0.29) is 11.4 Å². The number of hydrogen-bond donors (Lipinski definition) is 1. The number of ether oxygens (including phenoxy) is 1. The molecule has 1 heterocycles. The lowest BCUT2D eigenvalue weighted by molar-refractivity contribution is -0.137. The van der Waals surface area contributed by atoms with Crippen molar-refractivity contribution in [2.75, 3.05) is 13.7 Å². The van der Waals surface area contributed by atoms with Gasteiger partial charge in [0.2, 0.25) is 10.0 Å². The number of hydrogen-bond acceptors (Lipinski definition) is 6. The van der Waals surface area contributed by atoms with Crippen LogP contribution >= 0.6 is 0 Å². The Labute approximate surface area is 171 Å². The lowest BCUT2D eigenvalue weighted by Crippen LogP contribution is -2.47. The van der Waals surface area contributed by atoms with Gasteiger partial charge >= 0.3 is 0 Å². The van der Waals surface area contributed by atoms with Crippen molar-refractivity contribution >= 4 is 15.9 Å². The number of aromatic nitrogens is 1. The van der Waals surface area contributed by atoms with Crippen molar-refractivity contribution in [1.29, 1.82) is 0 Å². The van der Waals surface area contributed by atoms with Gasteiger partial charge in [-0.3, -0.25) is 14.6 Å². The maximum atomic E-state index is 13.3. The van der Waals surface area contributed by atoms with Gasteiger partial charge in [-0.15, -0.1) is 0 Å². The molecule has 0 aliphatic carbocycles. The van der Waals surface area contributed by atoms with Crippen molar-refractivity contribution in [3.63, 3.8) is 0 Å². The largest absolute Gasteiger partial charge is 0.497 e. The summed E-state index contributed by atoms with van der Waals surface area (Å²) >= 11 is 0. The maximum Gasteiger partial charge on any atom is 0.261 e. The Morgan fingerprint density at radius 1 is 1.24 bits per heavy atom. The molecule has 0 saturated heterocycles. The summed E-state index contributed by atoms with van der Waals surface area (Å²) < 4.78 is 32.8. The van der Waals surface area contributed by atoms with Crippen LogP contribution in [0.25, 0.3) is 0 Å². The molecule has 1 atom stereocenters. The number of nitrogens with zero attached hydrogens (tertiary/aromatic N) is 2. The SMILES string of the molecule is CCCCONC(=O)[C@H](C)N(Cc1cccnc1)S(=O)(=O)c1ccc(OC)cc1. The average Bonchev–Trinajstić information content (AvgIpc) is 2.75. The number of methoxy groups -OCH3 is 1. The molecule has 158 valence electrons. The van der Waals surface area contributed by atoms with Crippen LogP contribution in [0.2, 0.25) is 0 Å². The fourth-order valence-electron chi connectivity index (χ4n) is 2.54. The van der Waals surface area contributed by atoms with Gasteiger partial charge in [0.1, 0.15) is 11.8 Å². The molecule has 2 rings (SSSR count). The predicted molar refractivity (Wildman–Crippen MR) is 108 cm³/mol. The zero-order valence-electron chi connectivity index (χ0n) is 16.9. The van der Waals surface area contributed by atoms with Crippen LogP contribution < -0.4 is 10.2 Å². The molecule has 0 fully saturated rings. The summed E-state index contributed by atoms with van der Waals surface area (Å²) in [4.78, 5) is 21.8. The Hall–Kier alpha value is -2.49. The zero-order valence-corrected chi connectivity index (χ0v) is 17.7. The molecule has 8 nitrogen and oxygen atoms in total. The van der Waals surface area contributed by atoms with Crippen molar-refractivity contribution in [3.8, 4) is 5.75 Å². The van der Waals surface area contributed by atoms with Gasteiger partial charge in [0, 0.05) is 18.9 Å². The number of pyridine rings is 1. The van der Waals surface area contributed by atoms with E-state index in [0.29, 0.717) is 17.9 Å². The van der Waals surface area contributed by atoms with E-state index in [9.17, 15) is 13.2 Å². The summed E-state index contributed by atoms with van der Waals surface area (Å²) in [7, 11) is -2.47. The van der Waals surface area contributed by atoms with Gasteiger partial charge in [0.05, 0.1) is 18.6 Å². The quantitative estimate of drug-likeness (QED) is 0.442. The van der Waals surface area contributed by atoms with Crippen LogP contribution in [0.5, 0.6) is 5.75 Å². The first-order chi connectivity index (χ1) is 13.9. The average molecular weight is 422 g/mol. The minimum Gasteiger partial charge on any atom is -0.497 e. The fraction of sp³-hybridized carbons (Fsp3) is 0.400. The third kappa shape index (κ3) is 6.25. The van der Waals surface area contributed by atoms with Crippen LogP contribution in [0, 0.1) is 0 Å². The van der Waals surface area contributed by atoms with Crippen LogP contribution in [0.1, 0.15) is 32.3 Å². The molecule has 1 aromatic heterocycles. The molecule has 0 aliphatic heterocycles. The first-order valence-electron chi connectivity index (χ1n) is 9.36. The Morgan fingerprint density at radius 3 is 2.55 bits per heavy atom. The molecule has 1 amide bonds. The third-order valence-corrected chi connectivity index (χ3v) is 6.24. The minimum atomic E-state index is -3.97. The van der Waals surface area contributed by atoms with Crippen LogP contribution in [0.4, 0.5) is 0 Å².